The van der Waals surface area contributed by atoms with Gasteiger partial charge in [0.15, 0.2) is 18.5 Å². The number of carbonyl (C=O) groups is 3. The van der Waals surface area contributed by atoms with Crippen molar-refractivity contribution in [3.8, 4) is 0 Å². The summed E-state index contributed by atoms with van der Waals surface area (Å²) in [5, 5.41) is 0. The number of methoxy groups -OCH3 is 1. The second kappa shape index (κ2) is 9.55. The van der Waals surface area contributed by atoms with Crippen LogP contribution in [0.15, 0.2) is 0 Å². The van der Waals surface area contributed by atoms with E-state index in [1.54, 1.807) is 6.92 Å². The highest BCUT2D eigenvalue weighted by molar-refractivity contribution is 5.67. The van der Waals surface area contributed by atoms with Gasteiger partial charge in [0.2, 0.25) is 0 Å². The SMILES string of the molecule is CCO[C@@H]1O[C@@H](COC(C)=O)[C@@H](OC)[C@@H](OC(C)=O)[C@@H]1OC(C)=O. The Bertz CT molecular complexity index is 450. The lowest BCUT2D eigenvalue weighted by molar-refractivity contribution is -0.308. The lowest BCUT2D eigenvalue weighted by Gasteiger charge is -2.44. The summed E-state index contributed by atoms with van der Waals surface area (Å²) in [6, 6.07) is 0. The number of hydrogen-bond acceptors (Lipinski definition) is 9. The third-order valence-electron chi connectivity index (χ3n) is 3.25. The molecular formula is C15H24O9. The maximum Gasteiger partial charge on any atom is 0.303 e. The van der Waals surface area contributed by atoms with Crippen LogP contribution in [-0.2, 0) is 42.8 Å². The third kappa shape index (κ3) is 5.73. The summed E-state index contributed by atoms with van der Waals surface area (Å²) < 4.78 is 32.0. The highest BCUT2D eigenvalue weighted by Gasteiger charge is 2.51. The number of hydrogen-bond donors (Lipinski definition) is 0. The minimum atomic E-state index is -1.01. The van der Waals surface area contributed by atoms with Gasteiger partial charge in [-0.05, 0) is 6.92 Å². The number of rotatable bonds is 7. The molecule has 0 aliphatic carbocycles. The summed E-state index contributed by atoms with van der Waals surface area (Å²) in [5.74, 6) is -1.66. The molecule has 0 bridgehead atoms. The van der Waals surface area contributed by atoms with E-state index in [-0.39, 0.29) is 13.2 Å². The number of carbonyl (C=O) groups excluding carboxylic acids is 3. The van der Waals surface area contributed by atoms with E-state index in [1.807, 2.05) is 0 Å². The fraction of sp³-hybridized carbons (Fsp3) is 0.800. The molecule has 138 valence electrons. The van der Waals surface area contributed by atoms with Crippen LogP contribution in [0.25, 0.3) is 0 Å². The van der Waals surface area contributed by atoms with Gasteiger partial charge in [0.25, 0.3) is 0 Å². The van der Waals surface area contributed by atoms with Crippen LogP contribution in [0, 0.1) is 0 Å². The summed E-state index contributed by atoms with van der Waals surface area (Å²) >= 11 is 0. The van der Waals surface area contributed by atoms with Crippen molar-refractivity contribution in [3.63, 3.8) is 0 Å². The Balaban J connectivity index is 3.08. The Hall–Kier alpha value is -1.71. The van der Waals surface area contributed by atoms with Gasteiger partial charge in [0.05, 0.1) is 0 Å². The minimum absolute atomic E-state index is 0.123. The molecule has 0 radical (unpaired) electrons. The molecule has 1 aliphatic heterocycles. The zero-order chi connectivity index (χ0) is 18.3. The van der Waals surface area contributed by atoms with Gasteiger partial charge >= 0.3 is 17.9 Å². The Morgan fingerprint density at radius 2 is 1.50 bits per heavy atom. The first kappa shape index (κ1) is 20.3. The summed E-state index contributed by atoms with van der Waals surface area (Å²) in [7, 11) is 1.39. The average Bonchev–Trinajstić information content (AvgIpc) is 2.47. The highest BCUT2D eigenvalue weighted by atomic mass is 16.7. The molecule has 1 fully saturated rings. The normalized spacial score (nSPS) is 29.6. The van der Waals surface area contributed by atoms with E-state index in [9.17, 15) is 14.4 Å². The molecule has 1 rings (SSSR count). The fourth-order valence-corrected chi connectivity index (χ4v) is 2.44. The van der Waals surface area contributed by atoms with Crippen molar-refractivity contribution in [2.24, 2.45) is 0 Å². The van der Waals surface area contributed by atoms with E-state index in [1.165, 1.54) is 27.9 Å². The van der Waals surface area contributed by atoms with E-state index in [2.05, 4.69) is 0 Å². The summed E-state index contributed by atoms with van der Waals surface area (Å²) in [5.41, 5.74) is 0. The van der Waals surface area contributed by atoms with E-state index in [4.69, 9.17) is 28.4 Å². The topological polar surface area (TPSA) is 107 Å². The maximum atomic E-state index is 11.5. The van der Waals surface area contributed by atoms with Crippen molar-refractivity contribution in [1.29, 1.82) is 0 Å². The van der Waals surface area contributed by atoms with Gasteiger partial charge in [0, 0.05) is 34.5 Å². The van der Waals surface area contributed by atoms with Gasteiger partial charge in [0.1, 0.15) is 18.8 Å². The number of esters is 3. The molecule has 0 amide bonds. The molecular weight excluding hydrogens is 324 g/mol. The zero-order valence-corrected chi connectivity index (χ0v) is 14.5. The minimum Gasteiger partial charge on any atom is -0.463 e. The Labute approximate surface area is 140 Å². The van der Waals surface area contributed by atoms with E-state index < -0.39 is 48.6 Å². The van der Waals surface area contributed by atoms with E-state index >= 15 is 0 Å². The zero-order valence-electron chi connectivity index (χ0n) is 14.5. The van der Waals surface area contributed by atoms with E-state index in [0.717, 1.165) is 0 Å². The fourth-order valence-electron chi connectivity index (χ4n) is 2.44. The molecule has 0 aromatic carbocycles. The van der Waals surface area contributed by atoms with Crippen LogP contribution >= 0.6 is 0 Å². The first-order chi connectivity index (χ1) is 11.3. The molecule has 0 unspecified atom stereocenters. The number of ether oxygens (including phenoxy) is 6. The van der Waals surface area contributed by atoms with Crippen molar-refractivity contribution in [3.05, 3.63) is 0 Å². The van der Waals surface area contributed by atoms with Gasteiger partial charge in [-0.1, -0.05) is 0 Å². The van der Waals surface area contributed by atoms with Gasteiger partial charge in [-0.15, -0.1) is 0 Å². The molecule has 24 heavy (non-hydrogen) atoms. The maximum absolute atomic E-state index is 11.5. The van der Waals surface area contributed by atoms with Crippen molar-refractivity contribution in [2.45, 2.75) is 58.4 Å². The monoisotopic (exact) mass is 348 g/mol. The van der Waals surface area contributed by atoms with Crippen LogP contribution in [0.4, 0.5) is 0 Å². The Morgan fingerprint density at radius 1 is 0.917 bits per heavy atom. The van der Waals surface area contributed by atoms with Crippen molar-refractivity contribution >= 4 is 17.9 Å². The predicted molar refractivity (Wildman–Crippen MR) is 78.8 cm³/mol. The molecule has 5 atom stereocenters. The third-order valence-corrected chi connectivity index (χ3v) is 3.25. The van der Waals surface area contributed by atoms with Crippen LogP contribution in [0.2, 0.25) is 0 Å². The standard InChI is InChI=1S/C15H24O9/c1-6-20-15-14(23-10(4)18)13(22-9(3)17)12(19-5)11(24-15)7-21-8(2)16/h11-15H,6-7H2,1-5H3/t11-,12+,13+,14-,15+/m0/s1. The molecule has 9 nitrogen and oxygen atoms in total. The molecule has 0 spiro atoms. The van der Waals surface area contributed by atoms with Crippen LogP contribution < -0.4 is 0 Å². The molecule has 0 aromatic heterocycles. The van der Waals surface area contributed by atoms with Gasteiger partial charge in [-0.3, -0.25) is 14.4 Å². The molecule has 0 saturated carbocycles. The first-order valence-corrected chi connectivity index (χ1v) is 7.57. The first-order valence-electron chi connectivity index (χ1n) is 7.57. The highest BCUT2D eigenvalue weighted by Crippen LogP contribution is 2.29. The van der Waals surface area contributed by atoms with Crippen LogP contribution in [0.3, 0.4) is 0 Å². The second-order valence-electron chi connectivity index (χ2n) is 5.15. The van der Waals surface area contributed by atoms with Crippen molar-refractivity contribution in [1.82, 2.24) is 0 Å². The molecule has 9 heteroatoms. The summed E-state index contributed by atoms with van der Waals surface area (Å²) in [6.07, 6.45) is -4.54. The second-order valence-corrected chi connectivity index (χ2v) is 5.15. The average molecular weight is 348 g/mol. The van der Waals surface area contributed by atoms with Gasteiger partial charge in [-0.25, -0.2) is 0 Å². The van der Waals surface area contributed by atoms with Crippen LogP contribution in [0.5, 0.6) is 0 Å². The lowest BCUT2D eigenvalue weighted by atomic mass is 9.98. The van der Waals surface area contributed by atoms with Crippen molar-refractivity contribution in [2.75, 3.05) is 20.3 Å². The summed E-state index contributed by atoms with van der Waals surface area (Å²) in [6.45, 7) is 5.59. The van der Waals surface area contributed by atoms with Gasteiger partial charge < -0.3 is 28.4 Å². The van der Waals surface area contributed by atoms with E-state index in [0.29, 0.717) is 0 Å². The Morgan fingerprint density at radius 3 is 1.96 bits per heavy atom. The molecule has 0 N–H and O–H groups in total. The van der Waals surface area contributed by atoms with Crippen LogP contribution in [0.1, 0.15) is 27.7 Å². The lowest BCUT2D eigenvalue weighted by Crippen LogP contribution is -2.62. The largest absolute Gasteiger partial charge is 0.463 e. The Kier molecular flexibility index (Phi) is 8.09. The van der Waals surface area contributed by atoms with Gasteiger partial charge in [-0.2, -0.15) is 0 Å². The summed E-state index contributed by atoms with van der Waals surface area (Å²) in [4.78, 5) is 33.9. The van der Waals surface area contributed by atoms with Crippen LogP contribution in [-0.4, -0.2) is 68.9 Å². The predicted octanol–water partition coefficient (Wildman–Crippen LogP) is 0.189. The molecule has 1 saturated heterocycles. The smallest absolute Gasteiger partial charge is 0.303 e. The molecule has 1 aliphatic rings. The quantitative estimate of drug-likeness (QED) is 0.470. The molecule has 0 aromatic rings. The van der Waals surface area contributed by atoms with Crippen molar-refractivity contribution < 1.29 is 42.8 Å². The molecule has 1 heterocycles.